The quantitative estimate of drug-likeness (QED) is 0.815. The predicted molar refractivity (Wildman–Crippen MR) is 102 cm³/mol. The first kappa shape index (κ1) is 19.1. The van der Waals surface area contributed by atoms with E-state index in [0.29, 0.717) is 29.1 Å². The Morgan fingerprint density at radius 2 is 1.63 bits per heavy atom. The minimum absolute atomic E-state index is 0.150. The zero-order valence-corrected chi connectivity index (χ0v) is 16.2. The van der Waals surface area contributed by atoms with E-state index in [9.17, 15) is 13.2 Å². The number of hydrogen-bond donors (Lipinski definition) is 0. The standard InChI is InChI=1S/C20H21N3O3S/c1-15-3-4-16(2)19(13-15)27(25,26)23-11-9-22(10-12-23)20(24)18-7-5-17(14-21)6-8-18/h3-8,13H,9-12H2,1-2H3. The van der Waals surface area contributed by atoms with Gasteiger partial charge >= 0.3 is 0 Å². The van der Waals surface area contributed by atoms with Crippen molar-refractivity contribution in [2.24, 2.45) is 0 Å². The van der Waals surface area contributed by atoms with Gasteiger partial charge in [0.1, 0.15) is 0 Å². The van der Waals surface area contributed by atoms with Gasteiger partial charge in [-0.3, -0.25) is 4.79 Å². The summed E-state index contributed by atoms with van der Waals surface area (Å²) < 4.78 is 27.4. The van der Waals surface area contributed by atoms with Gasteiger partial charge in [0.25, 0.3) is 5.91 Å². The second kappa shape index (κ2) is 7.51. The van der Waals surface area contributed by atoms with E-state index < -0.39 is 10.0 Å². The van der Waals surface area contributed by atoms with E-state index in [4.69, 9.17) is 5.26 Å². The maximum Gasteiger partial charge on any atom is 0.253 e. The molecule has 0 unspecified atom stereocenters. The van der Waals surface area contributed by atoms with E-state index in [1.165, 1.54) is 4.31 Å². The largest absolute Gasteiger partial charge is 0.336 e. The third kappa shape index (κ3) is 3.87. The number of sulfonamides is 1. The summed E-state index contributed by atoms with van der Waals surface area (Å²) in [5, 5.41) is 8.84. The lowest BCUT2D eigenvalue weighted by atomic mass is 10.1. The van der Waals surface area contributed by atoms with Crippen LogP contribution < -0.4 is 0 Å². The zero-order chi connectivity index (χ0) is 19.6. The molecule has 3 rings (SSSR count). The first-order valence-corrected chi connectivity index (χ1v) is 10.1. The van der Waals surface area contributed by atoms with Crippen LogP contribution in [0.3, 0.4) is 0 Å². The number of aryl methyl sites for hydroxylation is 2. The molecule has 0 saturated carbocycles. The van der Waals surface area contributed by atoms with Crippen molar-refractivity contribution in [2.75, 3.05) is 26.2 Å². The Labute approximate surface area is 159 Å². The van der Waals surface area contributed by atoms with Gasteiger partial charge in [0.2, 0.25) is 10.0 Å². The number of nitriles is 1. The van der Waals surface area contributed by atoms with Crippen LogP contribution in [-0.4, -0.2) is 49.7 Å². The summed E-state index contributed by atoms with van der Waals surface area (Å²) in [5.41, 5.74) is 2.61. The molecule has 0 aliphatic carbocycles. The van der Waals surface area contributed by atoms with Crippen molar-refractivity contribution in [1.29, 1.82) is 5.26 Å². The maximum atomic E-state index is 13.0. The molecular formula is C20H21N3O3S. The molecule has 1 heterocycles. The normalized spacial score (nSPS) is 15.4. The second-order valence-corrected chi connectivity index (χ2v) is 8.56. The Morgan fingerprint density at radius 3 is 2.22 bits per heavy atom. The summed E-state index contributed by atoms with van der Waals surface area (Å²) in [4.78, 5) is 14.6. The van der Waals surface area contributed by atoms with Gasteiger partial charge in [0, 0.05) is 31.7 Å². The number of hydrogen-bond acceptors (Lipinski definition) is 4. The Hall–Kier alpha value is -2.69. The smallest absolute Gasteiger partial charge is 0.253 e. The summed E-state index contributed by atoms with van der Waals surface area (Å²) in [6, 6.07) is 13.9. The highest BCUT2D eigenvalue weighted by atomic mass is 32.2. The van der Waals surface area contributed by atoms with E-state index in [0.717, 1.165) is 11.1 Å². The SMILES string of the molecule is Cc1ccc(C)c(S(=O)(=O)N2CCN(C(=O)c3ccc(C#N)cc3)CC2)c1. The number of amides is 1. The molecule has 6 nitrogen and oxygen atoms in total. The van der Waals surface area contributed by atoms with Gasteiger partial charge in [-0.1, -0.05) is 12.1 Å². The maximum absolute atomic E-state index is 13.0. The average molecular weight is 383 g/mol. The second-order valence-electron chi connectivity index (χ2n) is 6.65. The molecule has 0 atom stereocenters. The van der Waals surface area contributed by atoms with Crippen LogP contribution in [0.5, 0.6) is 0 Å². The van der Waals surface area contributed by atoms with Crippen LogP contribution in [0.4, 0.5) is 0 Å². The number of piperazine rings is 1. The van der Waals surface area contributed by atoms with Crippen molar-refractivity contribution in [3.8, 4) is 6.07 Å². The van der Waals surface area contributed by atoms with Crippen LogP contribution in [0.2, 0.25) is 0 Å². The van der Waals surface area contributed by atoms with Crippen molar-refractivity contribution in [3.63, 3.8) is 0 Å². The molecule has 1 aliphatic rings. The molecule has 0 N–H and O–H groups in total. The van der Waals surface area contributed by atoms with Crippen LogP contribution in [-0.2, 0) is 10.0 Å². The number of carbonyl (C=O) groups is 1. The number of benzene rings is 2. The average Bonchev–Trinajstić information content (AvgIpc) is 2.69. The van der Waals surface area contributed by atoms with Crippen molar-refractivity contribution >= 4 is 15.9 Å². The molecule has 1 aliphatic heterocycles. The third-order valence-corrected chi connectivity index (χ3v) is 6.79. The molecule has 1 saturated heterocycles. The molecule has 0 bridgehead atoms. The van der Waals surface area contributed by atoms with Crippen molar-refractivity contribution in [2.45, 2.75) is 18.7 Å². The fourth-order valence-electron chi connectivity index (χ4n) is 3.13. The van der Waals surface area contributed by atoms with Gasteiger partial charge in [-0.2, -0.15) is 9.57 Å². The molecule has 0 aromatic heterocycles. The number of carbonyl (C=O) groups excluding carboxylic acids is 1. The topological polar surface area (TPSA) is 81.5 Å². The lowest BCUT2D eigenvalue weighted by Crippen LogP contribution is -2.50. The summed E-state index contributed by atoms with van der Waals surface area (Å²) >= 11 is 0. The number of rotatable bonds is 3. The lowest BCUT2D eigenvalue weighted by molar-refractivity contribution is 0.0698. The molecule has 1 amide bonds. The molecule has 140 valence electrons. The van der Waals surface area contributed by atoms with E-state index in [1.54, 1.807) is 42.2 Å². The Kier molecular flexibility index (Phi) is 5.31. The predicted octanol–water partition coefficient (Wildman–Crippen LogP) is 2.32. The van der Waals surface area contributed by atoms with Gasteiger partial charge in [-0.25, -0.2) is 8.42 Å². The van der Waals surface area contributed by atoms with Crippen LogP contribution in [0.25, 0.3) is 0 Å². The highest BCUT2D eigenvalue weighted by Gasteiger charge is 2.31. The van der Waals surface area contributed by atoms with Crippen LogP contribution in [0, 0.1) is 25.2 Å². The van der Waals surface area contributed by atoms with E-state index in [-0.39, 0.29) is 19.0 Å². The molecule has 0 spiro atoms. The molecule has 2 aromatic rings. The molecule has 7 heteroatoms. The van der Waals surface area contributed by atoms with Gasteiger partial charge in [0.15, 0.2) is 0 Å². The van der Waals surface area contributed by atoms with Gasteiger partial charge in [-0.15, -0.1) is 0 Å². The Balaban J connectivity index is 1.72. The monoisotopic (exact) mass is 383 g/mol. The minimum Gasteiger partial charge on any atom is -0.336 e. The van der Waals surface area contributed by atoms with Crippen molar-refractivity contribution < 1.29 is 13.2 Å². The Morgan fingerprint density at radius 1 is 1.00 bits per heavy atom. The molecular weight excluding hydrogens is 362 g/mol. The van der Waals surface area contributed by atoms with E-state index in [2.05, 4.69) is 0 Å². The van der Waals surface area contributed by atoms with Gasteiger partial charge in [0.05, 0.1) is 16.5 Å². The fraction of sp³-hybridized carbons (Fsp3) is 0.300. The first-order valence-electron chi connectivity index (χ1n) is 8.70. The molecule has 27 heavy (non-hydrogen) atoms. The lowest BCUT2D eigenvalue weighted by Gasteiger charge is -2.34. The van der Waals surface area contributed by atoms with Gasteiger partial charge < -0.3 is 4.90 Å². The number of nitrogens with zero attached hydrogens (tertiary/aromatic N) is 3. The van der Waals surface area contributed by atoms with Crippen molar-refractivity contribution in [1.82, 2.24) is 9.21 Å². The Bertz CT molecular complexity index is 1000. The highest BCUT2D eigenvalue weighted by molar-refractivity contribution is 7.89. The summed E-state index contributed by atoms with van der Waals surface area (Å²) in [6.45, 7) is 4.85. The van der Waals surface area contributed by atoms with E-state index in [1.807, 2.05) is 25.1 Å². The summed E-state index contributed by atoms with van der Waals surface area (Å²) in [5.74, 6) is -0.150. The third-order valence-electron chi connectivity index (χ3n) is 4.75. The molecule has 1 fully saturated rings. The zero-order valence-electron chi connectivity index (χ0n) is 15.3. The minimum atomic E-state index is -3.58. The van der Waals surface area contributed by atoms with Crippen LogP contribution in [0.15, 0.2) is 47.4 Å². The van der Waals surface area contributed by atoms with Crippen LogP contribution in [0.1, 0.15) is 27.0 Å². The fourth-order valence-corrected chi connectivity index (χ4v) is 4.86. The highest BCUT2D eigenvalue weighted by Crippen LogP contribution is 2.23. The molecule has 2 aromatic carbocycles. The summed E-state index contributed by atoms with van der Waals surface area (Å²) in [6.07, 6.45) is 0. The van der Waals surface area contributed by atoms with E-state index >= 15 is 0 Å². The summed E-state index contributed by atoms with van der Waals surface area (Å²) in [7, 11) is -3.58. The van der Waals surface area contributed by atoms with Crippen LogP contribution >= 0.6 is 0 Å². The molecule has 0 radical (unpaired) electrons. The van der Waals surface area contributed by atoms with Crippen molar-refractivity contribution in [3.05, 3.63) is 64.7 Å². The van der Waals surface area contributed by atoms with Gasteiger partial charge in [-0.05, 0) is 55.3 Å². The first-order chi connectivity index (χ1) is 12.8.